The molecular formula is C24H27N3O2S. The second kappa shape index (κ2) is 9.47. The lowest BCUT2D eigenvalue weighted by molar-refractivity contribution is 0.102. The van der Waals surface area contributed by atoms with E-state index in [1.165, 1.54) is 41.4 Å². The highest BCUT2D eigenvalue weighted by atomic mass is 32.2. The lowest BCUT2D eigenvalue weighted by Gasteiger charge is -2.20. The minimum Gasteiger partial charge on any atom is -0.411 e. The third kappa shape index (κ3) is 4.59. The Labute approximate surface area is 181 Å². The second-order valence-electron chi connectivity index (χ2n) is 7.49. The summed E-state index contributed by atoms with van der Waals surface area (Å²) in [7, 11) is 0. The highest BCUT2D eigenvalue weighted by molar-refractivity contribution is 7.99. The van der Waals surface area contributed by atoms with Crippen molar-refractivity contribution in [1.29, 1.82) is 0 Å². The summed E-state index contributed by atoms with van der Waals surface area (Å²) in [6.07, 6.45) is 4.65. The highest BCUT2D eigenvalue weighted by Crippen LogP contribution is 2.27. The number of carbonyl (C=O) groups excluding carboxylic acids is 1. The van der Waals surface area contributed by atoms with Gasteiger partial charge in [-0.3, -0.25) is 4.79 Å². The van der Waals surface area contributed by atoms with E-state index in [1.807, 2.05) is 18.2 Å². The van der Waals surface area contributed by atoms with Crippen LogP contribution in [0.1, 0.15) is 48.2 Å². The molecule has 0 N–H and O–H groups in total. The number of fused-ring (bicyclic) bond motifs is 1. The molecule has 2 aromatic carbocycles. The number of benzene rings is 2. The van der Waals surface area contributed by atoms with Crippen LogP contribution in [0, 0.1) is 0 Å². The largest absolute Gasteiger partial charge is 0.411 e. The van der Waals surface area contributed by atoms with E-state index in [9.17, 15) is 4.79 Å². The SMILES string of the molecule is CCN(CC)c1ccc(-c2nnc(SCC(=O)c3ccc4c(c3)CCCC4)o2)cc1. The Morgan fingerprint density at radius 2 is 1.73 bits per heavy atom. The molecule has 0 atom stereocenters. The molecule has 0 saturated heterocycles. The van der Waals surface area contributed by atoms with E-state index in [2.05, 4.69) is 53.2 Å². The van der Waals surface area contributed by atoms with Crippen LogP contribution in [0.3, 0.4) is 0 Å². The van der Waals surface area contributed by atoms with Gasteiger partial charge < -0.3 is 9.32 Å². The van der Waals surface area contributed by atoms with Gasteiger partial charge in [0.1, 0.15) is 0 Å². The highest BCUT2D eigenvalue weighted by Gasteiger charge is 2.15. The Hall–Kier alpha value is -2.60. The number of hydrogen-bond acceptors (Lipinski definition) is 6. The third-order valence-corrected chi connectivity index (χ3v) is 6.46. The summed E-state index contributed by atoms with van der Waals surface area (Å²) < 4.78 is 5.77. The first-order chi connectivity index (χ1) is 14.7. The van der Waals surface area contributed by atoms with Crippen molar-refractivity contribution in [1.82, 2.24) is 10.2 Å². The topological polar surface area (TPSA) is 59.2 Å². The van der Waals surface area contributed by atoms with Crippen LogP contribution >= 0.6 is 11.8 Å². The van der Waals surface area contributed by atoms with Crippen LogP contribution in [-0.4, -0.2) is 34.8 Å². The Balaban J connectivity index is 1.38. The number of rotatable bonds is 8. The van der Waals surface area contributed by atoms with E-state index in [0.29, 0.717) is 16.9 Å². The van der Waals surface area contributed by atoms with Gasteiger partial charge in [0.2, 0.25) is 5.89 Å². The zero-order valence-corrected chi connectivity index (χ0v) is 18.4. The molecule has 0 bridgehead atoms. The predicted octanol–water partition coefficient (Wildman–Crippen LogP) is 5.44. The van der Waals surface area contributed by atoms with E-state index in [0.717, 1.165) is 37.1 Å². The van der Waals surface area contributed by atoms with E-state index in [1.54, 1.807) is 0 Å². The molecule has 1 heterocycles. The minimum absolute atomic E-state index is 0.0942. The molecule has 0 saturated carbocycles. The predicted molar refractivity (Wildman–Crippen MR) is 121 cm³/mol. The summed E-state index contributed by atoms with van der Waals surface area (Å²) in [5.41, 5.74) is 5.54. The fraction of sp³-hybridized carbons (Fsp3) is 0.375. The lowest BCUT2D eigenvalue weighted by Crippen LogP contribution is -2.21. The summed E-state index contributed by atoms with van der Waals surface area (Å²) in [5, 5.41) is 8.67. The number of thioether (sulfide) groups is 1. The number of anilines is 1. The molecule has 0 aliphatic heterocycles. The quantitative estimate of drug-likeness (QED) is 0.357. The van der Waals surface area contributed by atoms with Gasteiger partial charge in [0, 0.05) is 29.9 Å². The molecule has 1 aliphatic rings. The minimum atomic E-state index is 0.0942. The summed E-state index contributed by atoms with van der Waals surface area (Å²) in [6.45, 7) is 6.22. The van der Waals surface area contributed by atoms with Gasteiger partial charge in [-0.15, -0.1) is 10.2 Å². The van der Waals surface area contributed by atoms with Crippen molar-refractivity contribution in [2.45, 2.75) is 44.8 Å². The molecule has 4 rings (SSSR count). The Kier molecular flexibility index (Phi) is 6.53. The molecule has 3 aromatic rings. The van der Waals surface area contributed by atoms with Crippen LogP contribution in [0.15, 0.2) is 52.1 Å². The summed E-state index contributed by atoms with van der Waals surface area (Å²) in [6, 6.07) is 14.2. The van der Waals surface area contributed by atoms with Crippen LogP contribution in [0.4, 0.5) is 5.69 Å². The number of nitrogens with zero attached hydrogens (tertiary/aromatic N) is 3. The maximum atomic E-state index is 12.6. The molecule has 0 radical (unpaired) electrons. The fourth-order valence-electron chi connectivity index (χ4n) is 3.91. The normalized spacial score (nSPS) is 13.1. The third-order valence-electron chi connectivity index (χ3n) is 5.65. The zero-order chi connectivity index (χ0) is 20.9. The maximum absolute atomic E-state index is 12.6. The number of aromatic nitrogens is 2. The lowest BCUT2D eigenvalue weighted by atomic mass is 9.90. The molecule has 0 unspecified atom stereocenters. The first-order valence-electron chi connectivity index (χ1n) is 10.6. The Morgan fingerprint density at radius 1 is 1.00 bits per heavy atom. The monoisotopic (exact) mass is 421 g/mol. The van der Waals surface area contributed by atoms with Crippen LogP contribution < -0.4 is 4.90 Å². The van der Waals surface area contributed by atoms with Gasteiger partial charge in [0.25, 0.3) is 5.22 Å². The molecule has 0 amide bonds. The van der Waals surface area contributed by atoms with Gasteiger partial charge in [-0.25, -0.2) is 0 Å². The molecule has 0 fully saturated rings. The number of aryl methyl sites for hydroxylation is 2. The van der Waals surface area contributed by atoms with Gasteiger partial charge in [-0.1, -0.05) is 23.9 Å². The first kappa shape index (κ1) is 20.7. The standard InChI is InChI=1S/C24H27N3O2S/c1-3-27(4-2)21-13-11-18(12-14-21)23-25-26-24(29-23)30-16-22(28)20-10-9-17-7-5-6-8-19(17)15-20/h9-15H,3-8,16H2,1-2H3. The van der Waals surface area contributed by atoms with Crippen molar-refractivity contribution in [2.75, 3.05) is 23.7 Å². The van der Waals surface area contributed by atoms with E-state index >= 15 is 0 Å². The van der Waals surface area contributed by atoms with E-state index in [4.69, 9.17) is 4.42 Å². The van der Waals surface area contributed by atoms with Gasteiger partial charge in [-0.05, 0) is 81.0 Å². The molecule has 30 heavy (non-hydrogen) atoms. The molecule has 1 aliphatic carbocycles. The van der Waals surface area contributed by atoms with Crippen molar-refractivity contribution in [2.24, 2.45) is 0 Å². The molecule has 6 heteroatoms. The molecule has 0 spiro atoms. The zero-order valence-electron chi connectivity index (χ0n) is 17.6. The van der Waals surface area contributed by atoms with Crippen LogP contribution in [0.5, 0.6) is 0 Å². The van der Waals surface area contributed by atoms with Gasteiger partial charge in [-0.2, -0.15) is 0 Å². The number of Topliss-reactive ketones (excluding diaryl/α,β-unsaturated/α-hetero) is 1. The van der Waals surface area contributed by atoms with Crippen LogP contribution in [0.25, 0.3) is 11.5 Å². The molecular weight excluding hydrogens is 394 g/mol. The average molecular weight is 422 g/mol. The van der Waals surface area contributed by atoms with Crippen molar-refractivity contribution in [3.05, 3.63) is 59.2 Å². The van der Waals surface area contributed by atoms with Gasteiger partial charge in [0.15, 0.2) is 5.78 Å². The first-order valence-corrected chi connectivity index (χ1v) is 11.6. The summed E-state index contributed by atoms with van der Waals surface area (Å²) in [4.78, 5) is 14.9. The summed E-state index contributed by atoms with van der Waals surface area (Å²) >= 11 is 1.29. The average Bonchev–Trinajstić information content (AvgIpc) is 3.27. The van der Waals surface area contributed by atoms with Crippen molar-refractivity contribution < 1.29 is 9.21 Å². The second-order valence-corrected chi connectivity index (χ2v) is 8.42. The molecule has 1 aromatic heterocycles. The van der Waals surface area contributed by atoms with Crippen molar-refractivity contribution in [3.63, 3.8) is 0 Å². The number of carbonyl (C=O) groups is 1. The Bertz CT molecular complexity index is 1010. The van der Waals surface area contributed by atoms with Crippen LogP contribution in [-0.2, 0) is 12.8 Å². The molecule has 5 nitrogen and oxygen atoms in total. The van der Waals surface area contributed by atoms with E-state index < -0.39 is 0 Å². The fourth-order valence-corrected chi connectivity index (χ4v) is 4.56. The maximum Gasteiger partial charge on any atom is 0.277 e. The van der Waals surface area contributed by atoms with E-state index in [-0.39, 0.29) is 5.78 Å². The Morgan fingerprint density at radius 3 is 2.47 bits per heavy atom. The number of hydrogen-bond donors (Lipinski definition) is 0. The van der Waals surface area contributed by atoms with Gasteiger partial charge in [0.05, 0.1) is 5.75 Å². The van der Waals surface area contributed by atoms with Crippen molar-refractivity contribution in [3.8, 4) is 11.5 Å². The number of ketones is 1. The van der Waals surface area contributed by atoms with Crippen molar-refractivity contribution >= 4 is 23.2 Å². The van der Waals surface area contributed by atoms with Crippen LogP contribution in [0.2, 0.25) is 0 Å². The smallest absolute Gasteiger partial charge is 0.277 e. The molecule has 156 valence electrons. The van der Waals surface area contributed by atoms with Gasteiger partial charge >= 0.3 is 0 Å². The summed E-state index contributed by atoms with van der Waals surface area (Å²) in [5.74, 6) is 0.864.